The highest BCUT2D eigenvalue weighted by Gasteiger charge is 2.38. The summed E-state index contributed by atoms with van der Waals surface area (Å²) in [6, 6.07) is 9.49. The number of alkyl halides is 3. The zero-order chi connectivity index (χ0) is 28.5. The number of phenolic OH excluding ortho intramolecular Hbond substituents is 2. The SMILES string of the molecule is CN1CC[C@H](c2c(O)cc(O)c3c(=O)cc(-c4ccc(-c5nn[nH]n5)cc4)oc23)[C@H](O)C1.O=C(O)C(F)(F)F. The number of fused-ring (bicyclic) bond motifs is 1. The molecule has 0 saturated carbocycles. The molecule has 0 radical (unpaired) electrons. The minimum atomic E-state index is -5.08. The second-order valence-corrected chi connectivity index (χ2v) is 8.85. The number of H-pyrrole nitrogens is 1. The van der Waals surface area contributed by atoms with Crippen LogP contribution in [0.3, 0.4) is 0 Å². The van der Waals surface area contributed by atoms with Crippen molar-refractivity contribution in [3.8, 4) is 34.2 Å². The Morgan fingerprint density at radius 1 is 1.13 bits per heavy atom. The summed E-state index contributed by atoms with van der Waals surface area (Å²) >= 11 is 0. The topological polar surface area (TPSA) is 186 Å². The third-order valence-electron chi connectivity index (χ3n) is 6.17. The number of likely N-dealkylation sites (N-methyl/N-ethyl adjacent to an activating group) is 1. The van der Waals surface area contributed by atoms with Gasteiger partial charge in [-0.25, -0.2) is 4.79 Å². The van der Waals surface area contributed by atoms with Crippen LogP contribution in [0.2, 0.25) is 0 Å². The molecule has 0 aliphatic carbocycles. The standard InChI is InChI=1S/C22H21N5O5.C2HF3O2/c1-27-7-6-13(17(31)10-27)19-14(28)8-15(29)20-16(30)9-18(32-21(19)20)11-2-4-12(5-3-11)22-23-25-26-24-22;3-2(4,5)1(6)7/h2-5,8-9,13,17,28-29,31H,6-7,10H2,1H3,(H,23,24,25,26);(H,6,7)/t13-,17+;/m0./s1. The number of aliphatic hydroxyl groups excluding tert-OH is 1. The predicted octanol–water partition coefficient (Wildman–Crippen LogP) is 2.46. The number of hydrogen-bond acceptors (Lipinski definition) is 10. The van der Waals surface area contributed by atoms with Gasteiger partial charge >= 0.3 is 12.1 Å². The Kier molecular flexibility index (Phi) is 7.56. The summed E-state index contributed by atoms with van der Waals surface area (Å²) in [6.45, 7) is 1.14. The van der Waals surface area contributed by atoms with Crippen LogP contribution in [0.5, 0.6) is 11.5 Å². The van der Waals surface area contributed by atoms with E-state index in [2.05, 4.69) is 20.6 Å². The maximum Gasteiger partial charge on any atom is 0.490 e. The summed E-state index contributed by atoms with van der Waals surface area (Å²) in [5, 5.41) is 52.6. The van der Waals surface area contributed by atoms with Gasteiger partial charge in [-0.3, -0.25) is 4.79 Å². The highest BCUT2D eigenvalue weighted by Crippen LogP contribution is 2.42. The van der Waals surface area contributed by atoms with Gasteiger partial charge in [-0.2, -0.15) is 18.4 Å². The first-order chi connectivity index (χ1) is 18.4. The number of nitrogens with zero attached hydrogens (tertiary/aromatic N) is 4. The molecule has 5 N–H and O–H groups in total. The number of benzene rings is 2. The number of carboxylic acid groups (broad SMARTS) is 1. The van der Waals surface area contributed by atoms with Gasteiger partial charge in [0.05, 0.1) is 6.10 Å². The van der Waals surface area contributed by atoms with Gasteiger partial charge in [0.2, 0.25) is 5.82 Å². The van der Waals surface area contributed by atoms with E-state index in [9.17, 15) is 33.3 Å². The molecule has 39 heavy (non-hydrogen) atoms. The molecule has 3 heterocycles. The van der Waals surface area contributed by atoms with Crippen LogP contribution >= 0.6 is 0 Å². The fourth-order valence-corrected chi connectivity index (χ4v) is 4.32. The van der Waals surface area contributed by atoms with Gasteiger partial charge in [0.25, 0.3) is 0 Å². The van der Waals surface area contributed by atoms with Crippen LogP contribution < -0.4 is 5.43 Å². The van der Waals surface area contributed by atoms with Crippen LogP contribution in [-0.4, -0.2) is 84.3 Å². The van der Waals surface area contributed by atoms with Gasteiger partial charge in [0.1, 0.15) is 28.2 Å². The van der Waals surface area contributed by atoms with E-state index in [4.69, 9.17) is 14.3 Å². The van der Waals surface area contributed by atoms with Crippen molar-refractivity contribution >= 4 is 16.9 Å². The van der Waals surface area contributed by atoms with Crippen molar-refractivity contribution in [3.63, 3.8) is 0 Å². The van der Waals surface area contributed by atoms with Gasteiger partial charge in [-0.1, -0.05) is 24.3 Å². The molecule has 1 saturated heterocycles. The van der Waals surface area contributed by atoms with E-state index in [0.29, 0.717) is 36.5 Å². The molecule has 15 heteroatoms. The van der Waals surface area contributed by atoms with Gasteiger partial charge in [-0.05, 0) is 25.2 Å². The molecule has 5 rings (SSSR count). The van der Waals surface area contributed by atoms with E-state index in [-0.39, 0.29) is 28.2 Å². The molecular weight excluding hydrogens is 527 g/mol. The summed E-state index contributed by atoms with van der Waals surface area (Å²) in [5.41, 5.74) is 1.33. The first kappa shape index (κ1) is 27.5. The minimum Gasteiger partial charge on any atom is -0.507 e. The number of nitrogens with one attached hydrogen (secondary N) is 1. The van der Waals surface area contributed by atoms with Crippen molar-refractivity contribution in [2.24, 2.45) is 0 Å². The van der Waals surface area contributed by atoms with Crippen molar-refractivity contribution in [1.82, 2.24) is 25.5 Å². The smallest absolute Gasteiger partial charge is 0.490 e. The number of piperidine rings is 1. The summed E-state index contributed by atoms with van der Waals surface area (Å²) in [6.07, 6.45) is -5.27. The molecule has 2 atom stereocenters. The van der Waals surface area contributed by atoms with Crippen LogP contribution in [0, 0.1) is 0 Å². The van der Waals surface area contributed by atoms with E-state index in [1.54, 1.807) is 24.3 Å². The summed E-state index contributed by atoms with van der Waals surface area (Å²) in [7, 11) is 1.91. The number of halogens is 3. The molecular formula is C24H22F3N5O7. The van der Waals surface area contributed by atoms with Crippen molar-refractivity contribution in [2.75, 3.05) is 20.1 Å². The molecule has 1 fully saturated rings. The Balaban J connectivity index is 0.000000448. The number of carboxylic acids is 1. The molecule has 2 aromatic carbocycles. The number of phenols is 2. The summed E-state index contributed by atoms with van der Waals surface area (Å²) < 4.78 is 37.8. The number of aromatic nitrogens is 4. The largest absolute Gasteiger partial charge is 0.507 e. The molecule has 12 nitrogen and oxygen atoms in total. The van der Waals surface area contributed by atoms with Crippen molar-refractivity contribution < 1.29 is 42.8 Å². The van der Waals surface area contributed by atoms with E-state index in [0.717, 1.165) is 11.6 Å². The first-order valence-corrected chi connectivity index (χ1v) is 11.4. The quantitative estimate of drug-likeness (QED) is 0.253. The Morgan fingerprint density at radius 3 is 2.33 bits per heavy atom. The molecule has 4 aromatic rings. The molecule has 0 unspecified atom stereocenters. The fourth-order valence-electron chi connectivity index (χ4n) is 4.32. The van der Waals surface area contributed by atoms with E-state index >= 15 is 0 Å². The second kappa shape index (κ2) is 10.7. The number of aliphatic carboxylic acids is 1. The van der Waals surface area contributed by atoms with E-state index < -0.39 is 29.6 Å². The minimum absolute atomic E-state index is 0.0175. The number of β-amino-alcohol motifs (C(OH)–C–C–N with tert-alkyl or cyclic N) is 1. The van der Waals surface area contributed by atoms with Gasteiger partial charge in [0, 0.05) is 41.3 Å². The van der Waals surface area contributed by atoms with Crippen LogP contribution in [0.1, 0.15) is 17.9 Å². The molecule has 0 bridgehead atoms. The highest BCUT2D eigenvalue weighted by atomic mass is 19.4. The number of carbonyl (C=O) groups is 1. The van der Waals surface area contributed by atoms with Crippen molar-refractivity contribution in [2.45, 2.75) is 24.6 Å². The number of likely N-dealkylation sites (tertiary alicyclic amines) is 1. The van der Waals surface area contributed by atoms with Crippen LogP contribution in [0.25, 0.3) is 33.7 Å². The molecule has 1 aliphatic rings. The van der Waals surface area contributed by atoms with Gasteiger partial charge in [-0.15, -0.1) is 10.2 Å². The Labute approximate surface area is 216 Å². The highest BCUT2D eigenvalue weighted by molar-refractivity contribution is 5.89. The summed E-state index contributed by atoms with van der Waals surface area (Å²) in [5.74, 6) is -3.06. The molecule has 2 aromatic heterocycles. The van der Waals surface area contributed by atoms with Gasteiger partial charge in [0.15, 0.2) is 5.43 Å². The number of aromatic hydroxyl groups is 2. The Hall–Kier alpha value is -4.50. The monoisotopic (exact) mass is 549 g/mol. The average Bonchev–Trinajstić information content (AvgIpc) is 3.40. The zero-order valence-electron chi connectivity index (χ0n) is 20.2. The molecule has 1 aliphatic heterocycles. The number of aromatic amines is 1. The fraction of sp³-hybridized carbons (Fsp3) is 0.292. The molecule has 0 amide bonds. The van der Waals surface area contributed by atoms with Crippen molar-refractivity contribution in [3.05, 3.63) is 52.2 Å². The molecule has 206 valence electrons. The lowest BCUT2D eigenvalue weighted by Crippen LogP contribution is -2.40. The zero-order valence-corrected chi connectivity index (χ0v) is 20.2. The third-order valence-corrected chi connectivity index (χ3v) is 6.17. The van der Waals surface area contributed by atoms with Crippen LogP contribution in [0.15, 0.2) is 45.6 Å². The first-order valence-electron chi connectivity index (χ1n) is 11.4. The number of rotatable bonds is 3. The lowest BCUT2D eigenvalue weighted by Gasteiger charge is -2.34. The van der Waals surface area contributed by atoms with Gasteiger partial charge < -0.3 is 29.7 Å². The van der Waals surface area contributed by atoms with E-state index in [1.165, 1.54) is 6.07 Å². The van der Waals surface area contributed by atoms with Crippen LogP contribution in [0.4, 0.5) is 13.2 Å². The lowest BCUT2D eigenvalue weighted by molar-refractivity contribution is -0.192. The Morgan fingerprint density at radius 2 is 1.77 bits per heavy atom. The number of hydrogen-bond donors (Lipinski definition) is 5. The molecule has 0 spiro atoms. The number of tetrazole rings is 1. The maximum atomic E-state index is 12.9. The lowest BCUT2D eigenvalue weighted by atomic mass is 9.85. The van der Waals surface area contributed by atoms with Crippen molar-refractivity contribution in [1.29, 1.82) is 0 Å². The van der Waals surface area contributed by atoms with Crippen LogP contribution in [-0.2, 0) is 4.79 Å². The second-order valence-electron chi connectivity index (χ2n) is 8.85. The summed E-state index contributed by atoms with van der Waals surface area (Å²) in [4.78, 5) is 23.8. The predicted molar refractivity (Wildman–Crippen MR) is 129 cm³/mol. The number of aliphatic hydroxyl groups is 1. The average molecular weight is 549 g/mol. The van der Waals surface area contributed by atoms with E-state index in [1.807, 2.05) is 11.9 Å². The Bertz CT molecular complexity index is 1540. The normalized spacial score (nSPS) is 18.0. The third kappa shape index (κ3) is 5.83. The maximum absolute atomic E-state index is 12.9.